The molecule has 1 aliphatic heterocycles. The lowest BCUT2D eigenvalue weighted by Gasteiger charge is -2.26. The number of pyridine rings is 1. The molecule has 1 saturated heterocycles. The third-order valence-corrected chi connectivity index (χ3v) is 7.27. The first kappa shape index (κ1) is 17.6. The van der Waals surface area contributed by atoms with Crippen LogP contribution in [0.1, 0.15) is 29.7 Å². The first-order valence-electron chi connectivity index (χ1n) is 9.09. The molecule has 1 aliphatic carbocycles. The van der Waals surface area contributed by atoms with Gasteiger partial charge in [0.05, 0.1) is 30.2 Å². The van der Waals surface area contributed by atoms with E-state index in [9.17, 15) is 8.42 Å². The van der Waals surface area contributed by atoms with Gasteiger partial charge in [0, 0.05) is 18.7 Å². The van der Waals surface area contributed by atoms with E-state index in [4.69, 9.17) is 4.74 Å². The van der Waals surface area contributed by atoms with E-state index in [1.165, 1.54) is 0 Å². The fraction of sp³-hybridized carbons (Fsp3) is 0.450. The summed E-state index contributed by atoms with van der Waals surface area (Å²) in [6.45, 7) is 3.01. The lowest BCUT2D eigenvalue weighted by Crippen LogP contribution is -2.40. The zero-order valence-electron chi connectivity index (χ0n) is 14.9. The average molecular weight is 372 g/mol. The van der Waals surface area contributed by atoms with Crippen LogP contribution in [-0.4, -0.2) is 36.4 Å². The van der Waals surface area contributed by atoms with Crippen LogP contribution in [0.25, 0.3) is 0 Å². The second-order valence-corrected chi connectivity index (χ2v) is 9.23. The summed E-state index contributed by atoms with van der Waals surface area (Å²) in [5.74, 6) is 0.347. The Labute approximate surface area is 155 Å². The van der Waals surface area contributed by atoms with E-state index in [1.54, 1.807) is 10.5 Å². The van der Waals surface area contributed by atoms with E-state index >= 15 is 0 Å². The topological polar surface area (TPSA) is 59.5 Å². The molecule has 2 bridgehead atoms. The van der Waals surface area contributed by atoms with E-state index in [0.717, 1.165) is 29.7 Å². The van der Waals surface area contributed by atoms with E-state index in [-0.39, 0.29) is 23.8 Å². The van der Waals surface area contributed by atoms with Gasteiger partial charge in [-0.15, -0.1) is 0 Å². The summed E-state index contributed by atoms with van der Waals surface area (Å²) in [7, 11) is -3.33. The molecule has 4 rings (SSSR count). The number of ether oxygens (including phenoxy) is 1. The van der Waals surface area contributed by atoms with Crippen LogP contribution in [0.2, 0.25) is 0 Å². The molecule has 1 aromatic heterocycles. The molecule has 26 heavy (non-hydrogen) atoms. The molecule has 1 saturated carbocycles. The molecule has 2 aromatic rings. The molecule has 0 unspecified atom stereocenters. The van der Waals surface area contributed by atoms with Gasteiger partial charge in [0.25, 0.3) is 0 Å². The van der Waals surface area contributed by atoms with Gasteiger partial charge in [-0.3, -0.25) is 4.98 Å². The summed E-state index contributed by atoms with van der Waals surface area (Å²) in [4.78, 5) is 4.28. The van der Waals surface area contributed by atoms with E-state index in [2.05, 4.69) is 4.98 Å². The number of sulfonamides is 1. The van der Waals surface area contributed by atoms with Gasteiger partial charge in [-0.1, -0.05) is 35.9 Å². The highest BCUT2D eigenvalue weighted by Crippen LogP contribution is 2.42. The van der Waals surface area contributed by atoms with Gasteiger partial charge in [0.15, 0.2) is 0 Å². The zero-order chi connectivity index (χ0) is 18.1. The number of hydrogen-bond acceptors (Lipinski definition) is 4. The Balaban J connectivity index is 1.44. The Hall–Kier alpha value is -1.76. The molecule has 0 amide bonds. The van der Waals surface area contributed by atoms with Crippen LogP contribution in [0.4, 0.5) is 0 Å². The summed E-state index contributed by atoms with van der Waals surface area (Å²) in [6, 6.07) is 13.4. The number of piperidine rings is 1. The van der Waals surface area contributed by atoms with Crippen LogP contribution in [0.5, 0.6) is 0 Å². The van der Waals surface area contributed by atoms with Crippen molar-refractivity contribution in [3.05, 3.63) is 65.5 Å². The molecule has 2 fully saturated rings. The maximum absolute atomic E-state index is 13.0. The first-order chi connectivity index (χ1) is 12.5. The smallest absolute Gasteiger partial charge is 0.218 e. The highest BCUT2D eigenvalue weighted by molar-refractivity contribution is 7.88. The van der Waals surface area contributed by atoms with Crippen LogP contribution < -0.4 is 0 Å². The summed E-state index contributed by atoms with van der Waals surface area (Å²) >= 11 is 0. The minimum absolute atomic E-state index is 0.0233. The van der Waals surface area contributed by atoms with Gasteiger partial charge in [0.2, 0.25) is 10.0 Å². The van der Waals surface area contributed by atoms with Crippen LogP contribution in [-0.2, 0) is 27.1 Å². The lowest BCUT2D eigenvalue weighted by atomic mass is 10.1. The van der Waals surface area contributed by atoms with Crippen LogP contribution in [0.15, 0.2) is 48.7 Å². The summed E-state index contributed by atoms with van der Waals surface area (Å²) < 4.78 is 33.7. The van der Waals surface area contributed by atoms with Gasteiger partial charge in [-0.05, 0) is 37.5 Å². The van der Waals surface area contributed by atoms with Crippen molar-refractivity contribution in [3.63, 3.8) is 0 Å². The molecular weight excluding hydrogens is 348 g/mol. The molecule has 3 atom stereocenters. The Bertz CT molecular complexity index is 852. The minimum atomic E-state index is -3.33. The predicted octanol–water partition coefficient (Wildman–Crippen LogP) is 2.90. The van der Waals surface area contributed by atoms with E-state index in [1.807, 2.05) is 49.4 Å². The monoisotopic (exact) mass is 372 g/mol. The van der Waals surface area contributed by atoms with Gasteiger partial charge in [-0.25, -0.2) is 8.42 Å². The number of aryl methyl sites for hydroxylation is 1. The van der Waals surface area contributed by atoms with Crippen molar-refractivity contribution in [2.75, 3.05) is 6.54 Å². The van der Waals surface area contributed by atoms with Gasteiger partial charge < -0.3 is 4.74 Å². The summed E-state index contributed by atoms with van der Waals surface area (Å²) in [5, 5.41) is 0. The first-order valence-corrected chi connectivity index (χ1v) is 10.7. The SMILES string of the molecule is Cc1ccc(CS(=O)(=O)N2C[C@H]3CC[C@H]2[C@H]3OCc2ccccn2)cc1. The quantitative estimate of drug-likeness (QED) is 0.782. The maximum Gasteiger partial charge on any atom is 0.218 e. The zero-order valence-corrected chi connectivity index (χ0v) is 15.7. The van der Waals surface area contributed by atoms with E-state index in [0.29, 0.717) is 13.2 Å². The number of nitrogens with zero attached hydrogens (tertiary/aromatic N) is 2. The van der Waals surface area contributed by atoms with Crippen molar-refractivity contribution in [3.8, 4) is 0 Å². The summed E-state index contributed by atoms with van der Waals surface area (Å²) in [6.07, 6.45) is 3.64. The highest BCUT2D eigenvalue weighted by atomic mass is 32.2. The van der Waals surface area contributed by atoms with Crippen molar-refractivity contribution < 1.29 is 13.2 Å². The number of hydrogen-bond donors (Lipinski definition) is 0. The standard InChI is InChI=1S/C20H24N2O3S/c1-15-5-7-16(8-6-15)14-26(23,24)22-12-17-9-10-19(22)20(17)25-13-18-4-2-3-11-21-18/h2-8,11,17,19-20H,9-10,12-14H2,1H3/t17-,19+,20+/m1/s1. The molecule has 0 N–H and O–H groups in total. The third kappa shape index (κ3) is 3.54. The molecule has 138 valence electrons. The molecule has 2 heterocycles. The van der Waals surface area contributed by atoms with Crippen molar-refractivity contribution in [1.29, 1.82) is 0 Å². The van der Waals surface area contributed by atoms with Crippen LogP contribution in [0, 0.1) is 12.8 Å². The predicted molar refractivity (Wildman–Crippen MR) is 99.8 cm³/mol. The molecule has 0 spiro atoms. The molecule has 0 radical (unpaired) electrons. The number of benzene rings is 1. The van der Waals surface area contributed by atoms with Crippen molar-refractivity contribution in [1.82, 2.24) is 9.29 Å². The Morgan fingerprint density at radius 2 is 1.96 bits per heavy atom. The Morgan fingerprint density at radius 3 is 2.69 bits per heavy atom. The average Bonchev–Trinajstić information content (AvgIpc) is 3.20. The lowest BCUT2D eigenvalue weighted by molar-refractivity contribution is 0.0200. The maximum atomic E-state index is 13.0. The fourth-order valence-corrected chi connectivity index (χ4v) is 5.94. The van der Waals surface area contributed by atoms with Crippen molar-refractivity contribution in [2.24, 2.45) is 5.92 Å². The highest BCUT2D eigenvalue weighted by Gasteiger charge is 2.51. The minimum Gasteiger partial charge on any atom is -0.370 e. The Morgan fingerprint density at radius 1 is 1.15 bits per heavy atom. The molecular formula is C20H24N2O3S. The number of aromatic nitrogens is 1. The fourth-order valence-electron chi connectivity index (χ4n) is 4.11. The number of rotatable bonds is 6. The third-order valence-electron chi connectivity index (χ3n) is 5.44. The molecule has 5 nitrogen and oxygen atoms in total. The number of fused-ring (bicyclic) bond motifs is 2. The van der Waals surface area contributed by atoms with E-state index < -0.39 is 10.0 Å². The van der Waals surface area contributed by atoms with Crippen molar-refractivity contribution >= 4 is 10.0 Å². The van der Waals surface area contributed by atoms with Gasteiger partial charge >= 0.3 is 0 Å². The molecule has 6 heteroatoms. The second-order valence-electron chi connectivity index (χ2n) is 7.31. The van der Waals surface area contributed by atoms with Crippen LogP contribution >= 0.6 is 0 Å². The van der Waals surface area contributed by atoms with Gasteiger partial charge in [0.1, 0.15) is 0 Å². The van der Waals surface area contributed by atoms with Gasteiger partial charge in [-0.2, -0.15) is 4.31 Å². The molecule has 1 aromatic carbocycles. The normalized spacial score (nSPS) is 25.7. The second kappa shape index (κ2) is 7.10. The largest absolute Gasteiger partial charge is 0.370 e. The van der Waals surface area contributed by atoms with Crippen molar-refractivity contribution in [2.45, 2.75) is 44.3 Å². The van der Waals surface area contributed by atoms with Crippen LogP contribution in [0.3, 0.4) is 0 Å². The summed E-state index contributed by atoms with van der Waals surface area (Å²) in [5.41, 5.74) is 2.85. The Kier molecular flexibility index (Phi) is 4.82. The molecule has 2 aliphatic rings.